The number of amides is 1. The number of anilines is 1. The maximum Gasteiger partial charge on any atom is 0.258 e. The lowest BCUT2D eigenvalue weighted by Gasteiger charge is -2.29. The Morgan fingerprint density at radius 1 is 1.04 bits per heavy atom. The average molecular weight is 363 g/mol. The summed E-state index contributed by atoms with van der Waals surface area (Å²) in [6, 6.07) is 13.9. The van der Waals surface area contributed by atoms with E-state index in [0.717, 1.165) is 66.0 Å². The zero-order valence-electron chi connectivity index (χ0n) is 14.5. The number of fused-ring (bicyclic) bond motifs is 3. The Morgan fingerprint density at radius 3 is 2.85 bits per heavy atom. The van der Waals surface area contributed by atoms with E-state index in [0.29, 0.717) is 5.56 Å². The van der Waals surface area contributed by atoms with E-state index >= 15 is 0 Å². The molecular formula is C22H19ClN2O. The molecular weight excluding hydrogens is 344 g/mol. The van der Waals surface area contributed by atoms with Crippen molar-refractivity contribution in [1.82, 2.24) is 4.98 Å². The molecule has 0 bridgehead atoms. The fraction of sp³-hybridized carbons (Fsp3) is 0.273. The number of benzene rings is 2. The number of aromatic nitrogens is 1. The molecule has 2 aromatic carbocycles. The van der Waals surface area contributed by atoms with E-state index in [1.54, 1.807) is 0 Å². The molecule has 2 heterocycles. The monoisotopic (exact) mass is 362 g/mol. The van der Waals surface area contributed by atoms with Crippen LogP contribution in [-0.4, -0.2) is 17.4 Å². The Hall–Kier alpha value is -2.39. The van der Waals surface area contributed by atoms with E-state index in [1.165, 1.54) is 11.1 Å². The smallest absolute Gasteiger partial charge is 0.258 e. The molecule has 0 spiro atoms. The molecule has 26 heavy (non-hydrogen) atoms. The standard InChI is InChI=1S/C22H19ClN2O/c23-21-16-7-3-8-18(16)24-19-13-15(10-11-17(19)21)22(26)25-12-4-6-14-5-1-2-9-20(14)25/h1-2,5,9-11,13H,3-4,6-8,12H2. The molecule has 1 aliphatic heterocycles. The minimum atomic E-state index is 0.0393. The van der Waals surface area contributed by atoms with Gasteiger partial charge in [-0.15, -0.1) is 0 Å². The number of nitrogens with zero attached hydrogens (tertiary/aromatic N) is 2. The van der Waals surface area contributed by atoms with Gasteiger partial charge in [-0.2, -0.15) is 0 Å². The van der Waals surface area contributed by atoms with Gasteiger partial charge in [0.05, 0.1) is 10.5 Å². The average Bonchev–Trinajstić information content (AvgIpc) is 3.15. The molecule has 0 N–H and O–H groups in total. The van der Waals surface area contributed by atoms with Crippen molar-refractivity contribution in [1.29, 1.82) is 0 Å². The quantitative estimate of drug-likeness (QED) is 0.612. The van der Waals surface area contributed by atoms with Gasteiger partial charge in [-0.05, 0) is 61.4 Å². The number of hydrogen-bond donors (Lipinski definition) is 0. The van der Waals surface area contributed by atoms with Gasteiger partial charge >= 0.3 is 0 Å². The molecule has 130 valence electrons. The van der Waals surface area contributed by atoms with Crippen molar-refractivity contribution < 1.29 is 4.79 Å². The maximum absolute atomic E-state index is 13.2. The number of hydrogen-bond acceptors (Lipinski definition) is 2. The van der Waals surface area contributed by atoms with Crippen LogP contribution in [0.5, 0.6) is 0 Å². The highest BCUT2D eigenvalue weighted by Crippen LogP contribution is 2.34. The van der Waals surface area contributed by atoms with Crippen LogP contribution in [0.25, 0.3) is 10.9 Å². The lowest BCUT2D eigenvalue weighted by atomic mass is 10.0. The van der Waals surface area contributed by atoms with E-state index in [9.17, 15) is 4.79 Å². The topological polar surface area (TPSA) is 33.2 Å². The zero-order chi connectivity index (χ0) is 17.7. The number of rotatable bonds is 1. The summed E-state index contributed by atoms with van der Waals surface area (Å²) in [6.07, 6.45) is 5.11. The summed E-state index contributed by atoms with van der Waals surface area (Å²) >= 11 is 6.60. The molecule has 4 heteroatoms. The fourth-order valence-electron chi connectivity index (χ4n) is 4.24. The Kier molecular flexibility index (Phi) is 3.71. The van der Waals surface area contributed by atoms with Gasteiger partial charge < -0.3 is 4.90 Å². The van der Waals surface area contributed by atoms with E-state index in [1.807, 2.05) is 41.3 Å². The first-order chi connectivity index (χ1) is 12.7. The van der Waals surface area contributed by atoms with Crippen molar-refractivity contribution in [3.05, 3.63) is 69.9 Å². The fourth-order valence-corrected chi connectivity index (χ4v) is 4.60. The predicted molar refractivity (Wildman–Crippen MR) is 105 cm³/mol. The first kappa shape index (κ1) is 15.8. The maximum atomic E-state index is 13.2. The summed E-state index contributed by atoms with van der Waals surface area (Å²) in [5.41, 5.74) is 6.05. The van der Waals surface area contributed by atoms with E-state index in [2.05, 4.69) is 6.07 Å². The Labute approximate surface area is 157 Å². The molecule has 0 unspecified atom stereocenters. The molecule has 5 rings (SSSR count). The Bertz CT molecular complexity index is 1040. The second-order valence-electron chi connectivity index (χ2n) is 7.13. The van der Waals surface area contributed by atoms with Gasteiger partial charge in [-0.1, -0.05) is 35.9 Å². The summed E-state index contributed by atoms with van der Waals surface area (Å²) < 4.78 is 0. The number of aryl methyl sites for hydroxylation is 2. The molecule has 0 saturated carbocycles. The van der Waals surface area contributed by atoms with Crippen molar-refractivity contribution in [2.45, 2.75) is 32.1 Å². The van der Waals surface area contributed by atoms with Crippen LogP contribution in [0, 0.1) is 0 Å². The SMILES string of the molecule is O=C(c1ccc2c(Cl)c3c(nc2c1)CCC3)N1CCCc2ccccc21. The van der Waals surface area contributed by atoms with Gasteiger partial charge in [0.25, 0.3) is 5.91 Å². The van der Waals surface area contributed by atoms with E-state index < -0.39 is 0 Å². The molecule has 3 aromatic rings. The molecule has 0 atom stereocenters. The Morgan fingerprint density at radius 2 is 1.92 bits per heavy atom. The van der Waals surface area contributed by atoms with Crippen LogP contribution in [0.4, 0.5) is 5.69 Å². The molecule has 1 aromatic heterocycles. The van der Waals surface area contributed by atoms with Crippen LogP contribution in [0.2, 0.25) is 5.02 Å². The van der Waals surface area contributed by atoms with Crippen LogP contribution >= 0.6 is 11.6 Å². The molecule has 0 saturated heterocycles. The third kappa shape index (κ3) is 2.42. The minimum Gasteiger partial charge on any atom is -0.308 e. The van der Waals surface area contributed by atoms with Crippen molar-refractivity contribution in [3.8, 4) is 0 Å². The third-order valence-electron chi connectivity index (χ3n) is 5.55. The first-order valence-electron chi connectivity index (χ1n) is 9.23. The summed E-state index contributed by atoms with van der Waals surface area (Å²) in [6.45, 7) is 0.756. The Balaban J connectivity index is 1.58. The number of carbonyl (C=O) groups is 1. The molecule has 2 aliphatic rings. The lowest BCUT2D eigenvalue weighted by Crippen LogP contribution is -2.35. The van der Waals surface area contributed by atoms with Gasteiger partial charge in [0, 0.05) is 28.9 Å². The third-order valence-corrected chi connectivity index (χ3v) is 5.98. The normalized spacial score (nSPS) is 15.8. The lowest BCUT2D eigenvalue weighted by molar-refractivity contribution is 0.0985. The van der Waals surface area contributed by atoms with Crippen LogP contribution in [-0.2, 0) is 19.3 Å². The minimum absolute atomic E-state index is 0.0393. The van der Waals surface area contributed by atoms with Crippen LogP contribution in [0.3, 0.4) is 0 Å². The first-order valence-corrected chi connectivity index (χ1v) is 9.61. The predicted octanol–water partition coefficient (Wildman–Crippen LogP) is 4.97. The number of carbonyl (C=O) groups excluding carboxylic acids is 1. The number of halogens is 1. The van der Waals surface area contributed by atoms with Crippen LogP contribution < -0.4 is 4.90 Å². The van der Waals surface area contributed by atoms with Crippen molar-refractivity contribution >= 4 is 34.1 Å². The molecule has 0 radical (unpaired) electrons. The van der Waals surface area contributed by atoms with Gasteiger partial charge in [-0.25, -0.2) is 0 Å². The summed E-state index contributed by atoms with van der Waals surface area (Å²) in [7, 11) is 0. The second-order valence-corrected chi connectivity index (χ2v) is 7.50. The van der Waals surface area contributed by atoms with E-state index in [-0.39, 0.29) is 5.91 Å². The highest BCUT2D eigenvalue weighted by molar-refractivity contribution is 6.36. The van der Waals surface area contributed by atoms with E-state index in [4.69, 9.17) is 16.6 Å². The van der Waals surface area contributed by atoms with Gasteiger partial charge in [0.2, 0.25) is 0 Å². The summed E-state index contributed by atoms with van der Waals surface area (Å²) in [4.78, 5) is 19.9. The molecule has 3 nitrogen and oxygen atoms in total. The van der Waals surface area contributed by atoms with Gasteiger partial charge in [-0.3, -0.25) is 9.78 Å². The van der Waals surface area contributed by atoms with Crippen molar-refractivity contribution in [3.63, 3.8) is 0 Å². The van der Waals surface area contributed by atoms with Gasteiger partial charge in [0.15, 0.2) is 0 Å². The van der Waals surface area contributed by atoms with Crippen molar-refractivity contribution in [2.24, 2.45) is 0 Å². The number of para-hydroxylation sites is 1. The molecule has 0 fully saturated rings. The molecule has 1 amide bonds. The van der Waals surface area contributed by atoms with Crippen LogP contribution in [0.15, 0.2) is 42.5 Å². The zero-order valence-corrected chi connectivity index (χ0v) is 15.2. The largest absolute Gasteiger partial charge is 0.308 e. The van der Waals surface area contributed by atoms with Gasteiger partial charge in [0.1, 0.15) is 0 Å². The summed E-state index contributed by atoms with van der Waals surface area (Å²) in [5, 5.41) is 1.76. The highest BCUT2D eigenvalue weighted by atomic mass is 35.5. The van der Waals surface area contributed by atoms with Crippen molar-refractivity contribution in [2.75, 3.05) is 11.4 Å². The summed E-state index contributed by atoms with van der Waals surface area (Å²) in [5.74, 6) is 0.0393. The molecule has 1 aliphatic carbocycles. The number of pyridine rings is 1. The highest BCUT2D eigenvalue weighted by Gasteiger charge is 2.24. The second kappa shape index (κ2) is 6.10. The van der Waals surface area contributed by atoms with Crippen LogP contribution in [0.1, 0.15) is 40.0 Å².